The number of nitrogens with zero attached hydrogens (tertiary/aromatic N) is 4. The number of rotatable bonds is 7. The van der Waals surface area contributed by atoms with Crippen molar-refractivity contribution in [2.24, 2.45) is 7.05 Å². The number of hydrogen-bond acceptors (Lipinski definition) is 4. The number of carbonyl (C=O) groups is 1. The fraction of sp³-hybridized carbons (Fsp3) is 0.533. The molecule has 2 heterocycles. The van der Waals surface area contributed by atoms with Gasteiger partial charge in [0.05, 0.1) is 24.0 Å². The maximum absolute atomic E-state index is 12.2. The van der Waals surface area contributed by atoms with E-state index in [0.717, 1.165) is 17.1 Å². The monoisotopic (exact) mass is 305 g/mol. The number of methoxy groups -OCH3 is 1. The molecule has 2 aromatic rings. The van der Waals surface area contributed by atoms with Crippen LogP contribution in [0, 0.1) is 13.8 Å². The molecule has 1 amide bonds. The van der Waals surface area contributed by atoms with E-state index in [1.165, 1.54) is 0 Å². The molecule has 0 saturated carbocycles. The van der Waals surface area contributed by atoms with E-state index in [1.54, 1.807) is 18.0 Å². The van der Waals surface area contributed by atoms with Gasteiger partial charge < -0.3 is 10.1 Å². The van der Waals surface area contributed by atoms with Crippen LogP contribution in [0.1, 0.15) is 29.5 Å². The summed E-state index contributed by atoms with van der Waals surface area (Å²) in [4.78, 5) is 12.2. The lowest BCUT2D eigenvalue weighted by atomic mass is 10.2. The molecule has 22 heavy (non-hydrogen) atoms. The lowest BCUT2D eigenvalue weighted by Gasteiger charge is -2.18. The molecule has 7 heteroatoms. The molecule has 0 aliphatic heterocycles. The maximum atomic E-state index is 12.2. The van der Waals surface area contributed by atoms with E-state index < -0.39 is 0 Å². The molecule has 1 N–H and O–H groups in total. The van der Waals surface area contributed by atoms with E-state index in [1.807, 2.05) is 37.7 Å². The topological polar surface area (TPSA) is 74.0 Å². The van der Waals surface area contributed by atoms with Gasteiger partial charge in [-0.1, -0.05) is 0 Å². The zero-order valence-electron chi connectivity index (χ0n) is 13.5. The lowest BCUT2D eigenvalue weighted by Crippen LogP contribution is -2.33. The van der Waals surface area contributed by atoms with E-state index in [-0.39, 0.29) is 11.9 Å². The van der Waals surface area contributed by atoms with Gasteiger partial charge >= 0.3 is 0 Å². The van der Waals surface area contributed by atoms with Crippen molar-refractivity contribution in [1.82, 2.24) is 24.9 Å². The molecule has 0 aliphatic carbocycles. The molecule has 0 saturated heterocycles. The third-order valence-electron chi connectivity index (χ3n) is 3.54. The number of nitrogens with one attached hydrogen (secondary N) is 1. The second-order valence-corrected chi connectivity index (χ2v) is 5.36. The third kappa shape index (κ3) is 3.94. The van der Waals surface area contributed by atoms with Gasteiger partial charge in [0.1, 0.15) is 0 Å². The summed E-state index contributed by atoms with van der Waals surface area (Å²) in [5.74, 6) is -0.0317. The molecule has 7 nitrogen and oxygen atoms in total. The zero-order chi connectivity index (χ0) is 16.1. The molecule has 0 fully saturated rings. The molecule has 0 bridgehead atoms. The summed E-state index contributed by atoms with van der Waals surface area (Å²) in [6.07, 6.45) is 2.08. The van der Waals surface area contributed by atoms with Crippen molar-refractivity contribution in [3.05, 3.63) is 35.4 Å². The van der Waals surface area contributed by atoms with Crippen LogP contribution in [-0.2, 0) is 23.1 Å². The summed E-state index contributed by atoms with van der Waals surface area (Å²) in [6.45, 7) is 4.91. The molecule has 0 unspecified atom stereocenters. The second-order valence-electron chi connectivity index (χ2n) is 5.36. The first kappa shape index (κ1) is 16.2. The quantitative estimate of drug-likeness (QED) is 0.832. The van der Waals surface area contributed by atoms with Crippen molar-refractivity contribution in [3.8, 4) is 0 Å². The van der Waals surface area contributed by atoms with E-state index in [2.05, 4.69) is 15.5 Å². The van der Waals surface area contributed by atoms with Gasteiger partial charge in [0.25, 0.3) is 0 Å². The van der Waals surface area contributed by atoms with Crippen LogP contribution >= 0.6 is 0 Å². The van der Waals surface area contributed by atoms with Crippen LogP contribution in [0.3, 0.4) is 0 Å². The first-order chi connectivity index (χ1) is 10.5. The molecule has 0 aliphatic rings. The van der Waals surface area contributed by atoms with Crippen molar-refractivity contribution >= 4 is 5.91 Å². The molecule has 0 spiro atoms. The highest BCUT2D eigenvalue weighted by molar-refractivity contribution is 5.76. The van der Waals surface area contributed by atoms with Gasteiger partial charge in [0, 0.05) is 39.0 Å². The predicted octanol–water partition coefficient (Wildman–Crippen LogP) is 1.13. The molecular formula is C15H23N5O2. The Morgan fingerprint density at radius 1 is 1.45 bits per heavy atom. The molecule has 120 valence electrons. The van der Waals surface area contributed by atoms with Crippen LogP contribution in [0.5, 0.6) is 0 Å². The third-order valence-corrected chi connectivity index (χ3v) is 3.54. The standard InChI is InChI=1S/C15H23N5O2/c1-11-9-12(2)20(18-11)8-6-15(21)17-13(10-22-4)14-5-7-16-19(14)3/h5,7,9,13H,6,8,10H2,1-4H3,(H,17,21)/t13-/m1/s1. The highest BCUT2D eigenvalue weighted by Gasteiger charge is 2.17. The number of amides is 1. The predicted molar refractivity (Wildman–Crippen MR) is 82.3 cm³/mol. The summed E-state index contributed by atoms with van der Waals surface area (Å²) in [6, 6.07) is 3.68. The van der Waals surface area contributed by atoms with Gasteiger partial charge in [-0.3, -0.25) is 14.2 Å². The first-order valence-corrected chi connectivity index (χ1v) is 7.28. The Labute approximate surface area is 130 Å². The average Bonchev–Trinajstić information content (AvgIpc) is 3.01. The lowest BCUT2D eigenvalue weighted by molar-refractivity contribution is -0.122. The smallest absolute Gasteiger partial charge is 0.222 e. The number of ether oxygens (including phenoxy) is 1. The fourth-order valence-corrected chi connectivity index (χ4v) is 2.47. The van der Waals surface area contributed by atoms with E-state index in [4.69, 9.17) is 4.74 Å². The van der Waals surface area contributed by atoms with Gasteiger partial charge in [-0.15, -0.1) is 0 Å². The summed E-state index contributed by atoms with van der Waals surface area (Å²) in [5, 5.41) is 11.5. The number of aromatic nitrogens is 4. The Bertz CT molecular complexity index is 632. The Morgan fingerprint density at radius 3 is 2.77 bits per heavy atom. The Hall–Kier alpha value is -2.15. The average molecular weight is 305 g/mol. The van der Waals surface area contributed by atoms with Crippen molar-refractivity contribution in [3.63, 3.8) is 0 Å². The van der Waals surface area contributed by atoms with Crippen LogP contribution < -0.4 is 5.32 Å². The number of hydrogen-bond donors (Lipinski definition) is 1. The van der Waals surface area contributed by atoms with Crippen molar-refractivity contribution in [1.29, 1.82) is 0 Å². The Balaban J connectivity index is 1.94. The van der Waals surface area contributed by atoms with E-state index in [0.29, 0.717) is 19.6 Å². The van der Waals surface area contributed by atoms with Gasteiger partial charge in [-0.25, -0.2) is 0 Å². The first-order valence-electron chi connectivity index (χ1n) is 7.28. The largest absolute Gasteiger partial charge is 0.382 e. The van der Waals surface area contributed by atoms with Gasteiger partial charge in [0.15, 0.2) is 0 Å². The summed E-state index contributed by atoms with van der Waals surface area (Å²) in [5.41, 5.74) is 2.94. The molecule has 0 radical (unpaired) electrons. The second kappa shape index (κ2) is 7.22. The van der Waals surface area contributed by atoms with Gasteiger partial charge in [-0.05, 0) is 26.0 Å². The Morgan fingerprint density at radius 2 is 2.23 bits per heavy atom. The van der Waals surface area contributed by atoms with Crippen LogP contribution in [0.25, 0.3) is 0 Å². The van der Waals surface area contributed by atoms with E-state index in [9.17, 15) is 4.79 Å². The summed E-state index contributed by atoms with van der Waals surface area (Å²) >= 11 is 0. The SMILES string of the molecule is COC[C@@H](NC(=O)CCn1nc(C)cc1C)c1ccnn1C. The van der Waals surface area contributed by atoms with E-state index >= 15 is 0 Å². The Kier molecular flexibility index (Phi) is 5.32. The normalized spacial score (nSPS) is 12.4. The van der Waals surface area contributed by atoms with Crippen LogP contribution in [-0.4, -0.2) is 39.2 Å². The maximum Gasteiger partial charge on any atom is 0.222 e. The molecule has 2 rings (SSSR count). The molecule has 0 aromatic carbocycles. The molecule has 1 atom stereocenters. The number of carbonyl (C=O) groups excluding carboxylic acids is 1. The van der Waals surface area contributed by atoms with Crippen molar-refractivity contribution in [2.75, 3.05) is 13.7 Å². The highest BCUT2D eigenvalue weighted by atomic mass is 16.5. The summed E-state index contributed by atoms with van der Waals surface area (Å²) < 4.78 is 8.79. The van der Waals surface area contributed by atoms with Crippen molar-refractivity contribution in [2.45, 2.75) is 32.9 Å². The van der Waals surface area contributed by atoms with Gasteiger partial charge in [-0.2, -0.15) is 10.2 Å². The van der Waals surface area contributed by atoms with Crippen LogP contribution in [0.2, 0.25) is 0 Å². The minimum atomic E-state index is -0.203. The number of aryl methyl sites for hydroxylation is 4. The minimum absolute atomic E-state index is 0.0317. The zero-order valence-corrected chi connectivity index (χ0v) is 13.5. The van der Waals surface area contributed by atoms with Gasteiger partial charge in [0.2, 0.25) is 5.91 Å². The fourth-order valence-electron chi connectivity index (χ4n) is 2.47. The highest BCUT2D eigenvalue weighted by Crippen LogP contribution is 2.12. The summed E-state index contributed by atoms with van der Waals surface area (Å²) in [7, 11) is 3.46. The molecular weight excluding hydrogens is 282 g/mol. The minimum Gasteiger partial charge on any atom is -0.382 e. The van der Waals surface area contributed by atoms with Crippen LogP contribution in [0.4, 0.5) is 0 Å². The van der Waals surface area contributed by atoms with Crippen molar-refractivity contribution < 1.29 is 9.53 Å². The molecule has 2 aromatic heterocycles. The van der Waals surface area contributed by atoms with Crippen LogP contribution in [0.15, 0.2) is 18.3 Å².